The van der Waals surface area contributed by atoms with Crippen LogP contribution in [0.5, 0.6) is 11.5 Å². The fraction of sp³-hybridized carbons (Fsp3) is 0.462. The molecule has 9 heteroatoms. The van der Waals surface area contributed by atoms with E-state index < -0.39 is 0 Å². The summed E-state index contributed by atoms with van der Waals surface area (Å²) in [6, 6.07) is 11.6. The third-order valence-electron chi connectivity index (χ3n) is 5.76. The molecule has 0 bridgehead atoms. The maximum absolute atomic E-state index is 13.8. The van der Waals surface area contributed by atoms with E-state index in [9.17, 15) is 4.79 Å². The first-order chi connectivity index (χ1) is 16.6. The van der Waals surface area contributed by atoms with Crippen LogP contribution in [-0.2, 0) is 4.74 Å². The number of hydrogen-bond donors (Lipinski definition) is 0. The van der Waals surface area contributed by atoms with Gasteiger partial charge in [0.05, 0.1) is 36.6 Å². The van der Waals surface area contributed by atoms with Gasteiger partial charge in [-0.25, -0.2) is 4.98 Å². The second kappa shape index (κ2) is 13.1. The van der Waals surface area contributed by atoms with Gasteiger partial charge in [0.25, 0.3) is 5.91 Å². The van der Waals surface area contributed by atoms with Crippen LogP contribution in [0.2, 0.25) is 0 Å². The lowest BCUT2D eigenvalue weighted by atomic mass is 10.1. The Balaban J connectivity index is 0.00000342. The molecule has 35 heavy (non-hydrogen) atoms. The van der Waals surface area contributed by atoms with Crippen molar-refractivity contribution >= 4 is 45.0 Å². The number of halogens is 1. The molecule has 3 aromatic rings. The van der Waals surface area contributed by atoms with Gasteiger partial charge in [-0.2, -0.15) is 0 Å². The molecule has 2 aromatic carbocycles. The van der Waals surface area contributed by atoms with E-state index in [1.54, 1.807) is 17.4 Å². The number of rotatable bonds is 10. The topological polar surface area (TPSA) is 64.1 Å². The Morgan fingerprint density at radius 2 is 1.83 bits per heavy atom. The number of carbonyl (C=O) groups is 1. The van der Waals surface area contributed by atoms with Gasteiger partial charge in [0.1, 0.15) is 0 Å². The average molecular weight is 520 g/mol. The molecular weight excluding hydrogens is 486 g/mol. The highest BCUT2D eigenvalue weighted by molar-refractivity contribution is 7.22. The number of hydrogen-bond acceptors (Lipinski definition) is 7. The van der Waals surface area contributed by atoms with Crippen LogP contribution < -0.4 is 14.4 Å². The summed E-state index contributed by atoms with van der Waals surface area (Å²) in [5.74, 6) is 1.15. The van der Waals surface area contributed by atoms with Gasteiger partial charge in [-0.1, -0.05) is 17.4 Å². The standard InChI is InChI=1S/C26H33N3O4S.ClH/c1-4-32-22-10-8-20(18-23(22)33-5-2)25(30)29(12-6-11-28-13-15-31-16-14-28)26-27-21-9-7-19(3)17-24(21)34-26;/h7-10,17-18H,4-6,11-16H2,1-3H3;1H. The maximum atomic E-state index is 13.8. The van der Waals surface area contributed by atoms with Gasteiger partial charge in [-0.05, 0) is 63.1 Å². The van der Waals surface area contributed by atoms with E-state index in [0.29, 0.717) is 36.8 Å². The zero-order chi connectivity index (χ0) is 23.9. The van der Waals surface area contributed by atoms with Crippen LogP contribution in [0.25, 0.3) is 10.2 Å². The number of aryl methyl sites for hydroxylation is 1. The molecule has 7 nitrogen and oxygen atoms in total. The first-order valence-electron chi connectivity index (χ1n) is 12.0. The molecule has 1 amide bonds. The molecule has 0 aliphatic carbocycles. The number of fused-ring (bicyclic) bond motifs is 1. The minimum absolute atomic E-state index is 0. The molecule has 190 valence electrons. The molecule has 4 rings (SSSR count). The van der Waals surface area contributed by atoms with E-state index in [0.717, 1.165) is 54.6 Å². The summed E-state index contributed by atoms with van der Waals surface area (Å²) in [6.45, 7) is 11.9. The van der Waals surface area contributed by atoms with Gasteiger partial charge in [-0.3, -0.25) is 14.6 Å². The molecule has 0 unspecified atom stereocenters. The number of morpholine rings is 1. The number of carbonyl (C=O) groups excluding carboxylic acids is 1. The molecule has 1 saturated heterocycles. The van der Waals surface area contributed by atoms with Crippen LogP contribution in [0.3, 0.4) is 0 Å². The van der Waals surface area contributed by atoms with E-state index >= 15 is 0 Å². The van der Waals surface area contributed by atoms with Crippen LogP contribution in [-0.4, -0.2) is 68.4 Å². The summed E-state index contributed by atoms with van der Waals surface area (Å²) >= 11 is 1.56. The molecule has 0 N–H and O–H groups in total. The highest BCUT2D eigenvalue weighted by Crippen LogP contribution is 2.33. The lowest BCUT2D eigenvalue weighted by Gasteiger charge is -2.27. The van der Waals surface area contributed by atoms with Crippen molar-refractivity contribution in [2.24, 2.45) is 0 Å². The predicted octanol–water partition coefficient (Wildman–Crippen LogP) is 5.19. The molecule has 1 aromatic heterocycles. The third kappa shape index (κ3) is 6.85. The molecule has 0 atom stereocenters. The van der Waals surface area contributed by atoms with Crippen molar-refractivity contribution < 1.29 is 19.0 Å². The number of nitrogens with zero attached hydrogens (tertiary/aromatic N) is 3. The Kier molecular flexibility index (Phi) is 10.2. The Bertz CT molecular complexity index is 1120. The predicted molar refractivity (Wildman–Crippen MR) is 144 cm³/mol. The van der Waals surface area contributed by atoms with Gasteiger partial charge in [0, 0.05) is 31.7 Å². The van der Waals surface area contributed by atoms with Gasteiger partial charge < -0.3 is 14.2 Å². The molecule has 1 aliphatic rings. The number of ether oxygens (including phenoxy) is 3. The van der Waals surface area contributed by atoms with Crippen molar-refractivity contribution in [3.8, 4) is 11.5 Å². The molecule has 0 saturated carbocycles. The monoisotopic (exact) mass is 519 g/mol. The van der Waals surface area contributed by atoms with Gasteiger partial charge >= 0.3 is 0 Å². The number of benzene rings is 2. The van der Waals surface area contributed by atoms with Crippen molar-refractivity contribution in [1.82, 2.24) is 9.88 Å². The normalized spacial score (nSPS) is 13.9. The van der Waals surface area contributed by atoms with E-state index in [4.69, 9.17) is 19.2 Å². The fourth-order valence-electron chi connectivity index (χ4n) is 4.04. The van der Waals surface area contributed by atoms with E-state index in [2.05, 4.69) is 24.0 Å². The smallest absolute Gasteiger partial charge is 0.260 e. The van der Waals surface area contributed by atoms with E-state index in [1.807, 2.05) is 36.9 Å². The Hall–Kier alpha value is -2.39. The lowest BCUT2D eigenvalue weighted by Crippen LogP contribution is -2.39. The van der Waals surface area contributed by atoms with Crippen molar-refractivity contribution in [3.05, 3.63) is 47.5 Å². The summed E-state index contributed by atoms with van der Waals surface area (Å²) < 4.78 is 18.0. The Morgan fingerprint density at radius 3 is 2.57 bits per heavy atom. The van der Waals surface area contributed by atoms with Crippen LogP contribution in [0.1, 0.15) is 36.2 Å². The van der Waals surface area contributed by atoms with Crippen LogP contribution in [0.4, 0.5) is 5.13 Å². The maximum Gasteiger partial charge on any atom is 0.260 e. The molecule has 0 spiro atoms. The molecular formula is C26H34ClN3O4S. The highest BCUT2D eigenvalue weighted by atomic mass is 35.5. The zero-order valence-electron chi connectivity index (χ0n) is 20.6. The quantitative estimate of drug-likeness (QED) is 0.367. The van der Waals surface area contributed by atoms with Crippen molar-refractivity contribution in [2.75, 3.05) is 57.5 Å². The van der Waals surface area contributed by atoms with E-state index in [1.165, 1.54) is 5.56 Å². The van der Waals surface area contributed by atoms with E-state index in [-0.39, 0.29) is 18.3 Å². The lowest BCUT2D eigenvalue weighted by molar-refractivity contribution is 0.0376. The number of amides is 1. The largest absolute Gasteiger partial charge is 0.490 e. The van der Waals surface area contributed by atoms with Crippen LogP contribution in [0, 0.1) is 6.92 Å². The second-order valence-electron chi connectivity index (χ2n) is 8.26. The minimum Gasteiger partial charge on any atom is -0.490 e. The summed E-state index contributed by atoms with van der Waals surface area (Å²) in [5, 5.41) is 0.722. The highest BCUT2D eigenvalue weighted by Gasteiger charge is 2.23. The summed E-state index contributed by atoms with van der Waals surface area (Å²) in [7, 11) is 0. The zero-order valence-corrected chi connectivity index (χ0v) is 22.3. The molecule has 0 radical (unpaired) electrons. The molecule has 2 heterocycles. The van der Waals surface area contributed by atoms with Crippen LogP contribution >= 0.6 is 23.7 Å². The first kappa shape index (κ1) is 27.2. The number of aromatic nitrogens is 1. The Labute approximate surface area is 217 Å². The van der Waals surface area contributed by atoms with Crippen molar-refractivity contribution in [3.63, 3.8) is 0 Å². The van der Waals surface area contributed by atoms with Gasteiger partial charge in [0.15, 0.2) is 16.6 Å². The minimum atomic E-state index is -0.0817. The molecule has 1 aliphatic heterocycles. The summed E-state index contributed by atoms with van der Waals surface area (Å²) in [6.07, 6.45) is 0.857. The second-order valence-corrected chi connectivity index (χ2v) is 9.27. The van der Waals surface area contributed by atoms with Gasteiger partial charge in [0.2, 0.25) is 0 Å². The summed E-state index contributed by atoms with van der Waals surface area (Å²) in [4.78, 5) is 22.8. The first-order valence-corrected chi connectivity index (χ1v) is 12.8. The van der Waals surface area contributed by atoms with Crippen molar-refractivity contribution in [1.29, 1.82) is 0 Å². The number of thiazole rings is 1. The summed E-state index contributed by atoms with van der Waals surface area (Å²) in [5.41, 5.74) is 2.66. The SMILES string of the molecule is CCOc1ccc(C(=O)N(CCCN2CCOCC2)c2nc3ccc(C)cc3s2)cc1OCC.Cl. The Morgan fingerprint density at radius 1 is 1.09 bits per heavy atom. The third-order valence-corrected chi connectivity index (χ3v) is 6.80. The average Bonchev–Trinajstić information content (AvgIpc) is 3.26. The van der Waals surface area contributed by atoms with Crippen LogP contribution in [0.15, 0.2) is 36.4 Å². The fourth-order valence-corrected chi connectivity index (χ4v) is 5.12. The number of anilines is 1. The van der Waals surface area contributed by atoms with Crippen molar-refractivity contribution in [2.45, 2.75) is 27.2 Å². The van der Waals surface area contributed by atoms with Gasteiger partial charge in [-0.15, -0.1) is 12.4 Å². The molecule has 1 fully saturated rings.